The van der Waals surface area contributed by atoms with Gasteiger partial charge in [-0.05, 0) is 48.6 Å². The third-order valence-corrected chi connectivity index (χ3v) is 4.07. The number of carbonyl (C=O) groups excluding carboxylic acids is 1. The molecule has 0 aliphatic carbocycles. The molecule has 1 unspecified atom stereocenters. The minimum Gasteiger partial charge on any atom is -0.497 e. The first-order chi connectivity index (χ1) is 11.6. The van der Waals surface area contributed by atoms with Gasteiger partial charge in [0.25, 0.3) is 0 Å². The molecular weight excluding hydrogens is 302 g/mol. The van der Waals surface area contributed by atoms with E-state index in [0.29, 0.717) is 6.42 Å². The first-order valence-electron chi connectivity index (χ1n) is 8.23. The minimum atomic E-state index is -0.670. The zero-order valence-corrected chi connectivity index (χ0v) is 14.3. The summed E-state index contributed by atoms with van der Waals surface area (Å²) in [4.78, 5) is 11.9. The fourth-order valence-corrected chi connectivity index (χ4v) is 2.61. The van der Waals surface area contributed by atoms with Gasteiger partial charge in [0, 0.05) is 13.0 Å². The van der Waals surface area contributed by atoms with Crippen LogP contribution in [0.5, 0.6) is 5.75 Å². The SMILES string of the molecule is COc1ccc(CCCC(=O)NCC(O)c2ccccc2C)cc1. The van der Waals surface area contributed by atoms with Gasteiger partial charge in [-0.3, -0.25) is 4.79 Å². The second kappa shape index (κ2) is 9.08. The van der Waals surface area contributed by atoms with Gasteiger partial charge < -0.3 is 15.2 Å². The maximum atomic E-state index is 11.9. The molecule has 0 aliphatic heterocycles. The van der Waals surface area contributed by atoms with E-state index in [0.717, 1.165) is 29.7 Å². The molecule has 0 bridgehead atoms. The molecule has 0 radical (unpaired) electrons. The van der Waals surface area contributed by atoms with Gasteiger partial charge in [0.15, 0.2) is 0 Å². The van der Waals surface area contributed by atoms with Gasteiger partial charge in [-0.25, -0.2) is 0 Å². The lowest BCUT2D eigenvalue weighted by atomic mass is 10.0. The van der Waals surface area contributed by atoms with Crippen LogP contribution in [0.3, 0.4) is 0 Å². The smallest absolute Gasteiger partial charge is 0.220 e. The van der Waals surface area contributed by atoms with Crippen molar-refractivity contribution >= 4 is 5.91 Å². The summed E-state index contributed by atoms with van der Waals surface area (Å²) in [6.07, 6.45) is 1.40. The molecule has 0 saturated carbocycles. The van der Waals surface area contributed by atoms with Crippen LogP contribution in [-0.2, 0) is 11.2 Å². The number of ether oxygens (including phenoxy) is 1. The Kier molecular flexibility index (Phi) is 6.82. The zero-order valence-electron chi connectivity index (χ0n) is 14.3. The number of aliphatic hydroxyl groups is 1. The molecule has 2 N–H and O–H groups in total. The molecule has 0 saturated heterocycles. The molecule has 2 aromatic carbocycles. The number of hydrogen-bond acceptors (Lipinski definition) is 3. The average Bonchev–Trinajstić information content (AvgIpc) is 2.60. The Labute approximate surface area is 143 Å². The highest BCUT2D eigenvalue weighted by atomic mass is 16.5. The molecule has 4 heteroatoms. The number of benzene rings is 2. The molecule has 128 valence electrons. The van der Waals surface area contributed by atoms with Crippen molar-refractivity contribution in [1.82, 2.24) is 5.32 Å². The molecule has 0 aliphatic rings. The van der Waals surface area contributed by atoms with Gasteiger partial charge in [-0.2, -0.15) is 0 Å². The third kappa shape index (κ3) is 5.39. The Morgan fingerprint density at radius 2 is 1.88 bits per heavy atom. The number of aliphatic hydroxyl groups excluding tert-OH is 1. The van der Waals surface area contributed by atoms with E-state index in [-0.39, 0.29) is 12.5 Å². The summed E-state index contributed by atoms with van der Waals surface area (Å²) in [6.45, 7) is 2.20. The number of rotatable bonds is 8. The van der Waals surface area contributed by atoms with Crippen molar-refractivity contribution in [3.8, 4) is 5.75 Å². The van der Waals surface area contributed by atoms with Crippen LogP contribution in [0.2, 0.25) is 0 Å². The number of amides is 1. The first-order valence-corrected chi connectivity index (χ1v) is 8.23. The van der Waals surface area contributed by atoms with E-state index in [1.54, 1.807) is 7.11 Å². The summed E-state index contributed by atoms with van der Waals surface area (Å²) >= 11 is 0. The average molecular weight is 327 g/mol. The fourth-order valence-electron chi connectivity index (χ4n) is 2.61. The monoisotopic (exact) mass is 327 g/mol. The van der Waals surface area contributed by atoms with E-state index < -0.39 is 6.10 Å². The Balaban J connectivity index is 1.70. The van der Waals surface area contributed by atoms with Gasteiger partial charge in [0.2, 0.25) is 5.91 Å². The van der Waals surface area contributed by atoms with E-state index in [1.807, 2.05) is 55.5 Å². The van der Waals surface area contributed by atoms with Gasteiger partial charge in [0.05, 0.1) is 13.2 Å². The third-order valence-electron chi connectivity index (χ3n) is 4.07. The maximum Gasteiger partial charge on any atom is 0.220 e. The highest BCUT2D eigenvalue weighted by Gasteiger charge is 2.11. The van der Waals surface area contributed by atoms with Crippen molar-refractivity contribution in [3.05, 3.63) is 65.2 Å². The molecular formula is C20H25NO3. The van der Waals surface area contributed by atoms with Crippen LogP contribution in [0.4, 0.5) is 0 Å². The number of hydrogen-bond donors (Lipinski definition) is 2. The Bertz CT molecular complexity index is 652. The molecule has 0 aromatic heterocycles. The van der Waals surface area contributed by atoms with Crippen molar-refractivity contribution in [2.24, 2.45) is 0 Å². The number of aryl methyl sites for hydroxylation is 2. The van der Waals surface area contributed by atoms with Crippen molar-refractivity contribution in [2.75, 3.05) is 13.7 Å². The summed E-state index contributed by atoms with van der Waals surface area (Å²) in [7, 11) is 1.64. The molecule has 2 rings (SSSR count). The van der Waals surface area contributed by atoms with Crippen LogP contribution in [0, 0.1) is 6.92 Å². The van der Waals surface area contributed by atoms with Crippen LogP contribution < -0.4 is 10.1 Å². The van der Waals surface area contributed by atoms with Crippen LogP contribution in [0.1, 0.15) is 35.6 Å². The quantitative estimate of drug-likeness (QED) is 0.783. The number of methoxy groups -OCH3 is 1. The van der Waals surface area contributed by atoms with E-state index in [9.17, 15) is 9.90 Å². The summed E-state index contributed by atoms with van der Waals surface area (Å²) in [5, 5.41) is 13.0. The zero-order chi connectivity index (χ0) is 17.4. The second-order valence-electron chi connectivity index (χ2n) is 5.88. The predicted octanol–water partition coefficient (Wildman–Crippen LogP) is 3.18. The lowest BCUT2D eigenvalue weighted by Crippen LogP contribution is -2.28. The summed E-state index contributed by atoms with van der Waals surface area (Å²) in [6, 6.07) is 15.5. The van der Waals surface area contributed by atoms with Crippen molar-refractivity contribution < 1.29 is 14.6 Å². The lowest BCUT2D eigenvalue weighted by Gasteiger charge is -2.14. The Morgan fingerprint density at radius 3 is 2.54 bits per heavy atom. The standard InChI is InChI=1S/C20H25NO3/c1-15-6-3-4-8-18(15)19(22)14-21-20(23)9-5-7-16-10-12-17(24-2)13-11-16/h3-4,6,8,10-13,19,22H,5,7,9,14H2,1-2H3,(H,21,23). The van der Waals surface area contributed by atoms with Crippen LogP contribution in [-0.4, -0.2) is 24.7 Å². The highest BCUT2D eigenvalue weighted by molar-refractivity contribution is 5.75. The van der Waals surface area contributed by atoms with Gasteiger partial charge in [0.1, 0.15) is 5.75 Å². The van der Waals surface area contributed by atoms with Gasteiger partial charge in [-0.1, -0.05) is 36.4 Å². The largest absolute Gasteiger partial charge is 0.497 e. The summed E-state index contributed by atoms with van der Waals surface area (Å²) < 4.78 is 5.12. The summed E-state index contributed by atoms with van der Waals surface area (Å²) in [5.74, 6) is 0.804. The minimum absolute atomic E-state index is 0.0313. The van der Waals surface area contributed by atoms with E-state index >= 15 is 0 Å². The molecule has 0 spiro atoms. The predicted molar refractivity (Wildman–Crippen MR) is 95.1 cm³/mol. The normalized spacial score (nSPS) is 11.8. The van der Waals surface area contributed by atoms with E-state index in [4.69, 9.17) is 4.74 Å². The maximum absolute atomic E-state index is 11.9. The Morgan fingerprint density at radius 1 is 1.17 bits per heavy atom. The first kappa shape index (κ1) is 18.0. The lowest BCUT2D eigenvalue weighted by molar-refractivity contribution is -0.121. The number of carbonyl (C=O) groups is 1. The molecule has 1 amide bonds. The molecule has 1 atom stereocenters. The van der Waals surface area contributed by atoms with Gasteiger partial charge in [-0.15, -0.1) is 0 Å². The van der Waals surface area contributed by atoms with Gasteiger partial charge >= 0.3 is 0 Å². The number of nitrogens with one attached hydrogen (secondary N) is 1. The summed E-state index contributed by atoms with van der Waals surface area (Å²) in [5.41, 5.74) is 3.07. The van der Waals surface area contributed by atoms with Crippen LogP contribution in [0.15, 0.2) is 48.5 Å². The van der Waals surface area contributed by atoms with Crippen molar-refractivity contribution in [2.45, 2.75) is 32.3 Å². The second-order valence-corrected chi connectivity index (χ2v) is 5.88. The molecule has 0 heterocycles. The molecule has 24 heavy (non-hydrogen) atoms. The van der Waals surface area contributed by atoms with Crippen LogP contribution in [0.25, 0.3) is 0 Å². The van der Waals surface area contributed by atoms with Crippen molar-refractivity contribution in [1.29, 1.82) is 0 Å². The molecule has 4 nitrogen and oxygen atoms in total. The topological polar surface area (TPSA) is 58.6 Å². The van der Waals surface area contributed by atoms with E-state index in [1.165, 1.54) is 5.56 Å². The van der Waals surface area contributed by atoms with E-state index in [2.05, 4.69) is 5.32 Å². The fraction of sp³-hybridized carbons (Fsp3) is 0.350. The van der Waals surface area contributed by atoms with Crippen molar-refractivity contribution in [3.63, 3.8) is 0 Å². The van der Waals surface area contributed by atoms with Crippen LogP contribution >= 0.6 is 0 Å². The molecule has 2 aromatic rings. The Hall–Kier alpha value is -2.33. The molecule has 0 fully saturated rings. The highest BCUT2D eigenvalue weighted by Crippen LogP contribution is 2.16.